The molecule has 0 spiro atoms. The molecule has 140 valence electrons. The van der Waals surface area contributed by atoms with Gasteiger partial charge in [-0.05, 0) is 37.1 Å². The van der Waals surface area contributed by atoms with E-state index in [1.807, 2.05) is 13.8 Å². The third-order valence-corrected chi connectivity index (χ3v) is 5.57. The first kappa shape index (κ1) is 20.6. The Morgan fingerprint density at radius 2 is 1.88 bits per heavy atom. The molecule has 0 saturated heterocycles. The number of sulfonamides is 1. The normalized spacial score (nSPS) is 11.6. The van der Waals surface area contributed by atoms with Crippen LogP contribution in [0, 0.1) is 12.8 Å². The number of pyridine rings is 1. The molecule has 0 saturated carbocycles. The van der Waals surface area contributed by atoms with Crippen LogP contribution in [-0.4, -0.2) is 25.9 Å². The summed E-state index contributed by atoms with van der Waals surface area (Å²) in [5, 5.41) is 2.58. The van der Waals surface area contributed by atoms with Crippen LogP contribution in [0.5, 0.6) is 0 Å². The van der Waals surface area contributed by atoms with Crippen LogP contribution in [0.1, 0.15) is 29.9 Å². The molecule has 0 atom stereocenters. The zero-order valence-corrected chi connectivity index (χ0v) is 16.8. The molecule has 2 aromatic rings. The van der Waals surface area contributed by atoms with Gasteiger partial charge in [0.25, 0.3) is 5.91 Å². The highest BCUT2D eigenvalue weighted by Crippen LogP contribution is 2.29. The van der Waals surface area contributed by atoms with Crippen molar-refractivity contribution in [3.05, 3.63) is 51.6 Å². The standard InChI is InChI=1S/C17H19Cl2N3O3S/c1-10(2)9-20-26(24,25)15-7-12(13(18)8-14(15)19)17(23)22-16-6-4-5-11(3)21-16/h4-8,10,20H,9H2,1-3H3,(H,21,22,23). The molecular weight excluding hydrogens is 397 g/mol. The average Bonchev–Trinajstić information content (AvgIpc) is 2.52. The van der Waals surface area contributed by atoms with Gasteiger partial charge in [0.1, 0.15) is 10.7 Å². The number of hydrogen-bond acceptors (Lipinski definition) is 4. The molecule has 1 aromatic carbocycles. The van der Waals surface area contributed by atoms with Crippen LogP contribution in [-0.2, 0) is 10.0 Å². The zero-order valence-electron chi connectivity index (χ0n) is 14.5. The summed E-state index contributed by atoms with van der Waals surface area (Å²) in [6.07, 6.45) is 0. The van der Waals surface area contributed by atoms with E-state index in [-0.39, 0.29) is 33.0 Å². The number of anilines is 1. The Labute approximate surface area is 163 Å². The molecule has 0 bridgehead atoms. The maximum Gasteiger partial charge on any atom is 0.258 e. The van der Waals surface area contributed by atoms with Crippen molar-refractivity contribution in [2.24, 2.45) is 5.92 Å². The van der Waals surface area contributed by atoms with E-state index in [0.717, 1.165) is 5.69 Å². The fraction of sp³-hybridized carbons (Fsp3) is 0.294. The number of hydrogen-bond donors (Lipinski definition) is 2. The maximum atomic E-state index is 12.5. The van der Waals surface area contributed by atoms with E-state index in [4.69, 9.17) is 23.2 Å². The Kier molecular flexibility index (Phi) is 6.63. The molecule has 0 aliphatic rings. The Hall–Kier alpha value is -1.67. The van der Waals surface area contributed by atoms with Gasteiger partial charge < -0.3 is 5.32 Å². The number of amides is 1. The Balaban J connectivity index is 2.36. The summed E-state index contributed by atoms with van der Waals surface area (Å²) in [4.78, 5) is 16.5. The Morgan fingerprint density at radius 1 is 1.19 bits per heavy atom. The molecule has 0 fully saturated rings. The minimum atomic E-state index is -3.87. The number of nitrogens with zero attached hydrogens (tertiary/aromatic N) is 1. The van der Waals surface area contributed by atoms with Gasteiger partial charge in [0.15, 0.2) is 0 Å². The van der Waals surface area contributed by atoms with Crippen LogP contribution in [0.3, 0.4) is 0 Å². The zero-order chi connectivity index (χ0) is 19.5. The summed E-state index contributed by atoms with van der Waals surface area (Å²) in [6.45, 7) is 5.78. The Bertz CT molecular complexity index is 931. The molecule has 0 aliphatic carbocycles. The lowest BCUT2D eigenvalue weighted by molar-refractivity contribution is 0.102. The highest BCUT2D eigenvalue weighted by molar-refractivity contribution is 7.89. The van der Waals surface area contributed by atoms with Crippen LogP contribution < -0.4 is 10.0 Å². The van der Waals surface area contributed by atoms with E-state index >= 15 is 0 Å². The number of rotatable bonds is 6. The highest BCUT2D eigenvalue weighted by Gasteiger charge is 2.23. The number of nitrogens with one attached hydrogen (secondary N) is 2. The summed E-state index contributed by atoms with van der Waals surface area (Å²) in [5.41, 5.74) is 0.718. The van der Waals surface area contributed by atoms with Crippen LogP contribution in [0.25, 0.3) is 0 Å². The second-order valence-electron chi connectivity index (χ2n) is 6.13. The van der Waals surface area contributed by atoms with Crippen LogP contribution in [0.4, 0.5) is 5.82 Å². The van der Waals surface area contributed by atoms with Gasteiger partial charge in [-0.1, -0.05) is 43.1 Å². The molecular formula is C17H19Cl2N3O3S. The number of benzene rings is 1. The largest absolute Gasteiger partial charge is 0.307 e. The molecule has 1 amide bonds. The monoisotopic (exact) mass is 415 g/mol. The first-order valence-corrected chi connectivity index (χ1v) is 10.1. The molecule has 26 heavy (non-hydrogen) atoms. The van der Waals surface area contributed by atoms with E-state index in [1.54, 1.807) is 25.1 Å². The molecule has 2 rings (SSSR count). The van der Waals surface area contributed by atoms with Crippen molar-refractivity contribution in [3.63, 3.8) is 0 Å². The number of aryl methyl sites for hydroxylation is 1. The van der Waals surface area contributed by atoms with Gasteiger partial charge in [-0.15, -0.1) is 0 Å². The predicted molar refractivity (Wildman–Crippen MR) is 103 cm³/mol. The third kappa shape index (κ3) is 5.17. The molecule has 2 N–H and O–H groups in total. The first-order chi connectivity index (χ1) is 12.1. The predicted octanol–water partition coefficient (Wildman–Crippen LogP) is 3.88. The van der Waals surface area contributed by atoms with E-state index in [9.17, 15) is 13.2 Å². The maximum absolute atomic E-state index is 12.5. The van der Waals surface area contributed by atoms with Crippen molar-refractivity contribution >= 4 is 45.0 Å². The molecule has 0 unspecified atom stereocenters. The molecule has 1 heterocycles. The van der Waals surface area contributed by atoms with E-state index in [2.05, 4.69) is 15.0 Å². The molecule has 1 aromatic heterocycles. The SMILES string of the molecule is Cc1cccc(NC(=O)c2cc(S(=O)(=O)NCC(C)C)c(Cl)cc2Cl)n1. The van der Waals surface area contributed by atoms with E-state index in [1.165, 1.54) is 12.1 Å². The minimum absolute atomic E-state index is 0.00991. The minimum Gasteiger partial charge on any atom is -0.307 e. The quantitative estimate of drug-likeness (QED) is 0.748. The topological polar surface area (TPSA) is 88.2 Å². The summed E-state index contributed by atoms with van der Waals surface area (Å²) in [7, 11) is -3.87. The van der Waals surface area contributed by atoms with Crippen molar-refractivity contribution in [2.75, 3.05) is 11.9 Å². The van der Waals surface area contributed by atoms with Gasteiger partial charge in [0, 0.05) is 12.2 Å². The molecule has 0 radical (unpaired) electrons. The van der Waals surface area contributed by atoms with Gasteiger partial charge >= 0.3 is 0 Å². The second kappa shape index (κ2) is 8.35. The number of carbonyl (C=O) groups is 1. The molecule has 0 aliphatic heterocycles. The van der Waals surface area contributed by atoms with Crippen molar-refractivity contribution in [1.82, 2.24) is 9.71 Å². The van der Waals surface area contributed by atoms with Gasteiger partial charge in [-0.3, -0.25) is 4.79 Å². The third-order valence-electron chi connectivity index (χ3n) is 3.37. The van der Waals surface area contributed by atoms with Crippen LogP contribution in [0.2, 0.25) is 10.0 Å². The van der Waals surface area contributed by atoms with Gasteiger partial charge in [-0.2, -0.15) is 0 Å². The van der Waals surface area contributed by atoms with Crippen molar-refractivity contribution in [2.45, 2.75) is 25.7 Å². The highest BCUT2D eigenvalue weighted by atomic mass is 35.5. The van der Waals surface area contributed by atoms with E-state index in [0.29, 0.717) is 5.82 Å². The summed E-state index contributed by atoms with van der Waals surface area (Å²) >= 11 is 12.1. The fourth-order valence-electron chi connectivity index (χ4n) is 2.06. The first-order valence-electron chi connectivity index (χ1n) is 7.84. The van der Waals surface area contributed by atoms with Crippen molar-refractivity contribution in [1.29, 1.82) is 0 Å². The Morgan fingerprint density at radius 3 is 2.50 bits per heavy atom. The summed E-state index contributed by atoms with van der Waals surface area (Å²) < 4.78 is 27.4. The summed E-state index contributed by atoms with van der Waals surface area (Å²) in [5.74, 6) is -0.126. The lowest BCUT2D eigenvalue weighted by atomic mass is 10.2. The van der Waals surface area contributed by atoms with Gasteiger partial charge in [0.05, 0.1) is 15.6 Å². The number of carbonyl (C=O) groups excluding carboxylic acids is 1. The lowest BCUT2D eigenvalue weighted by Crippen LogP contribution is -2.28. The van der Waals surface area contributed by atoms with Gasteiger partial charge in [-0.25, -0.2) is 18.1 Å². The number of halogens is 2. The van der Waals surface area contributed by atoms with Crippen LogP contribution in [0.15, 0.2) is 35.2 Å². The second-order valence-corrected chi connectivity index (χ2v) is 8.68. The average molecular weight is 416 g/mol. The number of aromatic nitrogens is 1. The van der Waals surface area contributed by atoms with Crippen molar-refractivity contribution in [3.8, 4) is 0 Å². The van der Waals surface area contributed by atoms with Gasteiger partial charge in [0.2, 0.25) is 10.0 Å². The van der Waals surface area contributed by atoms with Crippen LogP contribution >= 0.6 is 23.2 Å². The summed E-state index contributed by atoms with van der Waals surface area (Å²) in [6, 6.07) is 7.56. The lowest BCUT2D eigenvalue weighted by Gasteiger charge is -2.13. The molecule has 9 heteroatoms. The van der Waals surface area contributed by atoms with E-state index < -0.39 is 15.9 Å². The van der Waals surface area contributed by atoms with Crippen molar-refractivity contribution < 1.29 is 13.2 Å². The fourth-order valence-corrected chi connectivity index (χ4v) is 4.13. The smallest absolute Gasteiger partial charge is 0.258 e. The molecule has 6 nitrogen and oxygen atoms in total.